The van der Waals surface area contributed by atoms with Gasteiger partial charge < -0.3 is 10.2 Å². The summed E-state index contributed by atoms with van der Waals surface area (Å²) in [5, 5.41) is 2.65. The molecule has 2 aromatic rings. The number of amides is 2. The lowest BCUT2D eigenvalue weighted by molar-refractivity contribution is 0.211. The lowest BCUT2D eigenvalue weighted by Crippen LogP contribution is -2.33. The summed E-state index contributed by atoms with van der Waals surface area (Å²) in [4.78, 5) is 13.5. The van der Waals surface area contributed by atoms with Crippen LogP contribution in [-0.4, -0.2) is 18.0 Å². The molecule has 2 rings (SSSR count). The number of hydrogen-bond donors (Lipinski definition) is 1. The first-order chi connectivity index (χ1) is 10.1. The molecule has 1 N–H and O–H groups in total. The van der Waals surface area contributed by atoms with Gasteiger partial charge in [0, 0.05) is 19.8 Å². The van der Waals surface area contributed by atoms with Gasteiger partial charge in [0.15, 0.2) is 0 Å². The Morgan fingerprint density at radius 3 is 2.67 bits per heavy atom. The number of rotatable bonds is 4. The number of benzene rings is 2. The molecule has 2 aromatic carbocycles. The molecule has 2 amide bonds. The highest BCUT2D eigenvalue weighted by Gasteiger charge is 2.06. The van der Waals surface area contributed by atoms with Crippen molar-refractivity contribution in [1.82, 2.24) is 10.2 Å². The van der Waals surface area contributed by atoms with Gasteiger partial charge in [-0.1, -0.05) is 42.5 Å². The second kappa shape index (κ2) is 7.24. The van der Waals surface area contributed by atoms with E-state index < -0.39 is 0 Å². The molecule has 21 heavy (non-hydrogen) atoms. The van der Waals surface area contributed by atoms with Gasteiger partial charge in [0.2, 0.25) is 0 Å². The van der Waals surface area contributed by atoms with E-state index >= 15 is 0 Å². The third-order valence-electron chi connectivity index (χ3n) is 2.94. The van der Waals surface area contributed by atoms with Crippen LogP contribution >= 0.6 is 0 Å². The van der Waals surface area contributed by atoms with Crippen LogP contribution in [0.25, 0.3) is 6.08 Å². The lowest BCUT2D eigenvalue weighted by Gasteiger charge is -2.16. The maximum absolute atomic E-state index is 13.0. The SMILES string of the molecule is CN(Cc1ccccc1)C(=O)N/C=C/c1cccc(F)c1. The van der Waals surface area contributed by atoms with Gasteiger partial charge >= 0.3 is 6.03 Å². The molecule has 3 nitrogen and oxygen atoms in total. The molecule has 0 fully saturated rings. The van der Waals surface area contributed by atoms with Crippen molar-refractivity contribution in [3.05, 3.63) is 77.7 Å². The van der Waals surface area contributed by atoms with E-state index in [0.717, 1.165) is 5.56 Å². The molecule has 0 saturated carbocycles. The topological polar surface area (TPSA) is 32.3 Å². The molecule has 0 atom stereocenters. The number of urea groups is 1. The standard InChI is InChI=1S/C17H17FN2O/c1-20(13-15-6-3-2-4-7-15)17(21)19-11-10-14-8-5-9-16(18)12-14/h2-12H,13H2,1H3,(H,19,21)/b11-10+. The van der Waals surface area contributed by atoms with Crippen LogP contribution in [0.5, 0.6) is 0 Å². The Balaban J connectivity index is 1.86. The molecule has 0 aliphatic rings. The number of nitrogens with one attached hydrogen (secondary N) is 1. The zero-order chi connectivity index (χ0) is 15.1. The summed E-state index contributed by atoms with van der Waals surface area (Å²) in [6, 6.07) is 15.7. The van der Waals surface area contributed by atoms with Gasteiger partial charge in [-0.15, -0.1) is 0 Å². The zero-order valence-electron chi connectivity index (χ0n) is 11.8. The van der Waals surface area contributed by atoms with Crippen molar-refractivity contribution in [2.45, 2.75) is 6.54 Å². The lowest BCUT2D eigenvalue weighted by atomic mass is 10.2. The van der Waals surface area contributed by atoms with Crippen molar-refractivity contribution in [2.75, 3.05) is 7.05 Å². The van der Waals surface area contributed by atoms with Gasteiger partial charge in [-0.05, 0) is 29.3 Å². The fourth-order valence-corrected chi connectivity index (χ4v) is 1.86. The molecule has 0 saturated heterocycles. The van der Waals surface area contributed by atoms with Gasteiger partial charge in [-0.25, -0.2) is 9.18 Å². The summed E-state index contributed by atoms with van der Waals surface area (Å²) in [6.07, 6.45) is 3.16. The Kier molecular flexibility index (Phi) is 5.10. The largest absolute Gasteiger partial charge is 0.323 e. The summed E-state index contributed by atoms with van der Waals surface area (Å²) in [5.41, 5.74) is 1.75. The molecule has 0 aromatic heterocycles. The van der Waals surface area contributed by atoms with Crippen molar-refractivity contribution >= 4 is 12.1 Å². The van der Waals surface area contributed by atoms with Crippen LogP contribution in [0.4, 0.5) is 9.18 Å². The van der Waals surface area contributed by atoms with Gasteiger partial charge in [-0.3, -0.25) is 0 Å². The molecule has 0 aliphatic carbocycles. The first-order valence-corrected chi connectivity index (χ1v) is 6.63. The molecular weight excluding hydrogens is 267 g/mol. The van der Waals surface area contributed by atoms with Crippen molar-refractivity contribution in [2.24, 2.45) is 0 Å². The number of carbonyl (C=O) groups is 1. The normalized spacial score (nSPS) is 10.6. The Morgan fingerprint density at radius 2 is 1.95 bits per heavy atom. The van der Waals surface area contributed by atoms with E-state index in [1.165, 1.54) is 18.3 Å². The number of carbonyl (C=O) groups excluding carboxylic acids is 1. The van der Waals surface area contributed by atoms with E-state index in [0.29, 0.717) is 12.1 Å². The van der Waals surface area contributed by atoms with E-state index in [2.05, 4.69) is 5.32 Å². The fraction of sp³-hybridized carbons (Fsp3) is 0.118. The quantitative estimate of drug-likeness (QED) is 0.913. The fourth-order valence-electron chi connectivity index (χ4n) is 1.86. The number of hydrogen-bond acceptors (Lipinski definition) is 1. The average molecular weight is 284 g/mol. The van der Waals surface area contributed by atoms with Crippen LogP contribution in [0.1, 0.15) is 11.1 Å². The molecule has 4 heteroatoms. The first kappa shape index (κ1) is 14.8. The van der Waals surface area contributed by atoms with Crippen molar-refractivity contribution in [3.8, 4) is 0 Å². The van der Waals surface area contributed by atoms with Crippen LogP contribution in [0.15, 0.2) is 60.8 Å². The molecule has 0 heterocycles. The molecule has 0 bridgehead atoms. The van der Waals surface area contributed by atoms with Crippen molar-refractivity contribution < 1.29 is 9.18 Å². The highest BCUT2D eigenvalue weighted by atomic mass is 19.1. The summed E-state index contributed by atoms with van der Waals surface area (Å²) < 4.78 is 13.0. The summed E-state index contributed by atoms with van der Waals surface area (Å²) >= 11 is 0. The Hall–Kier alpha value is -2.62. The highest BCUT2D eigenvalue weighted by Crippen LogP contribution is 2.05. The summed E-state index contributed by atoms with van der Waals surface area (Å²) in [5.74, 6) is -0.301. The Bertz CT molecular complexity index is 626. The third-order valence-corrected chi connectivity index (χ3v) is 2.94. The van der Waals surface area contributed by atoms with Gasteiger partial charge in [-0.2, -0.15) is 0 Å². The minimum atomic E-state index is -0.301. The van der Waals surface area contributed by atoms with Gasteiger partial charge in [0.05, 0.1) is 0 Å². The summed E-state index contributed by atoms with van der Waals surface area (Å²) in [7, 11) is 1.72. The minimum absolute atomic E-state index is 0.216. The number of halogens is 1. The predicted molar refractivity (Wildman–Crippen MR) is 81.9 cm³/mol. The van der Waals surface area contributed by atoms with Gasteiger partial charge in [0.1, 0.15) is 5.82 Å². The van der Waals surface area contributed by atoms with Crippen molar-refractivity contribution in [1.29, 1.82) is 0 Å². The molecule has 0 unspecified atom stereocenters. The van der Waals surface area contributed by atoms with Crippen LogP contribution in [0.2, 0.25) is 0 Å². The third kappa shape index (κ3) is 4.76. The monoisotopic (exact) mass is 284 g/mol. The Morgan fingerprint density at radius 1 is 1.19 bits per heavy atom. The molecule has 0 radical (unpaired) electrons. The average Bonchev–Trinajstić information content (AvgIpc) is 2.48. The second-order valence-corrected chi connectivity index (χ2v) is 4.68. The molecule has 0 spiro atoms. The molecular formula is C17H17FN2O. The predicted octanol–water partition coefficient (Wildman–Crippen LogP) is 3.64. The molecule has 0 aliphatic heterocycles. The van der Waals surface area contributed by atoms with E-state index in [1.807, 2.05) is 30.3 Å². The van der Waals surface area contributed by atoms with Crippen LogP contribution < -0.4 is 5.32 Å². The maximum atomic E-state index is 13.0. The van der Waals surface area contributed by atoms with Crippen LogP contribution in [-0.2, 0) is 6.54 Å². The van der Waals surface area contributed by atoms with E-state index in [1.54, 1.807) is 30.2 Å². The zero-order valence-corrected chi connectivity index (χ0v) is 11.8. The summed E-state index contributed by atoms with van der Waals surface area (Å²) in [6.45, 7) is 0.528. The molecule has 108 valence electrons. The first-order valence-electron chi connectivity index (χ1n) is 6.63. The van der Waals surface area contributed by atoms with E-state index in [-0.39, 0.29) is 11.8 Å². The van der Waals surface area contributed by atoms with Crippen LogP contribution in [0, 0.1) is 5.82 Å². The Labute approximate surface area is 123 Å². The highest BCUT2D eigenvalue weighted by molar-refractivity contribution is 5.75. The minimum Gasteiger partial charge on any atom is -0.323 e. The number of nitrogens with zero attached hydrogens (tertiary/aromatic N) is 1. The van der Waals surface area contributed by atoms with Gasteiger partial charge in [0.25, 0.3) is 0 Å². The maximum Gasteiger partial charge on any atom is 0.321 e. The van der Waals surface area contributed by atoms with Crippen LogP contribution in [0.3, 0.4) is 0 Å². The smallest absolute Gasteiger partial charge is 0.321 e. The second-order valence-electron chi connectivity index (χ2n) is 4.68. The van der Waals surface area contributed by atoms with Crippen molar-refractivity contribution in [3.63, 3.8) is 0 Å². The van der Waals surface area contributed by atoms with E-state index in [4.69, 9.17) is 0 Å². The van der Waals surface area contributed by atoms with E-state index in [9.17, 15) is 9.18 Å².